The van der Waals surface area contributed by atoms with Crippen molar-refractivity contribution in [2.45, 2.75) is 43.8 Å². The van der Waals surface area contributed by atoms with Crippen molar-refractivity contribution in [3.05, 3.63) is 12.1 Å². The van der Waals surface area contributed by atoms with Crippen molar-refractivity contribution < 1.29 is 0 Å². The highest BCUT2D eigenvalue weighted by molar-refractivity contribution is 5.42. The van der Waals surface area contributed by atoms with Crippen molar-refractivity contribution in [3.8, 4) is 0 Å². The molecule has 0 aromatic carbocycles. The molecule has 2 bridgehead atoms. The van der Waals surface area contributed by atoms with Gasteiger partial charge in [0.2, 0.25) is 0 Å². The SMILES string of the molecule is c1cc2nnnn2nc1NC1CC2CCC(C1)N2. The number of rotatable bonds is 2. The van der Waals surface area contributed by atoms with Crippen LogP contribution in [0.5, 0.6) is 0 Å². The molecule has 7 nitrogen and oxygen atoms in total. The lowest BCUT2D eigenvalue weighted by molar-refractivity contribution is 0.377. The second-order valence-electron chi connectivity index (χ2n) is 5.20. The maximum atomic E-state index is 4.35. The number of hydrogen-bond acceptors (Lipinski definition) is 6. The van der Waals surface area contributed by atoms with Gasteiger partial charge in [-0.15, -0.1) is 14.8 Å². The largest absolute Gasteiger partial charge is 0.366 e. The third-order valence-electron chi connectivity index (χ3n) is 3.89. The Labute approximate surface area is 104 Å². The summed E-state index contributed by atoms with van der Waals surface area (Å²) < 4.78 is 1.46. The molecule has 94 valence electrons. The Kier molecular flexibility index (Phi) is 2.19. The molecular formula is C11H15N7. The average molecular weight is 245 g/mol. The number of fused-ring (bicyclic) bond motifs is 3. The maximum absolute atomic E-state index is 4.35. The standard InChI is InChI=1S/C11H15N7/c1-2-8-6-9(5-7(1)12-8)13-10-3-4-11-14-16-17-18(11)15-10/h3-4,7-9,12H,1-2,5-6H2,(H,13,15). The van der Waals surface area contributed by atoms with Crippen LogP contribution in [0, 0.1) is 0 Å². The average Bonchev–Trinajstić information content (AvgIpc) is 2.95. The fourth-order valence-corrected chi connectivity index (χ4v) is 3.11. The van der Waals surface area contributed by atoms with Crippen LogP contribution in [-0.2, 0) is 0 Å². The molecule has 0 radical (unpaired) electrons. The molecule has 2 aromatic heterocycles. The molecule has 2 fully saturated rings. The van der Waals surface area contributed by atoms with Crippen molar-refractivity contribution in [1.29, 1.82) is 0 Å². The Balaban J connectivity index is 1.53. The molecular weight excluding hydrogens is 230 g/mol. The van der Waals surface area contributed by atoms with E-state index in [0.29, 0.717) is 23.8 Å². The molecule has 0 spiro atoms. The lowest BCUT2D eigenvalue weighted by Crippen LogP contribution is -2.43. The fraction of sp³-hybridized carbons (Fsp3) is 0.636. The quantitative estimate of drug-likeness (QED) is 0.787. The summed E-state index contributed by atoms with van der Waals surface area (Å²) in [6.07, 6.45) is 4.96. The number of nitrogens with one attached hydrogen (secondary N) is 2. The topological polar surface area (TPSA) is 80.0 Å². The fourth-order valence-electron chi connectivity index (χ4n) is 3.11. The van der Waals surface area contributed by atoms with Crippen LogP contribution >= 0.6 is 0 Å². The predicted molar refractivity (Wildman–Crippen MR) is 65.2 cm³/mol. The molecule has 2 aliphatic rings. The van der Waals surface area contributed by atoms with Gasteiger partial charge in [-0.1, -0.05) is 0 Å². The minimum Gasteiger partial charge on any atom is -0.366 e. The molecule has 2 saturated heterocycles. The monoisotopic (exact) mass is 245 g/mol. The Bertz CT molecular complexity index is 553. The first-order valence-corrected chi connectivity index (χ1v) is 6.45. The molecule has 2 atom stereocenters. The number of tetrazole rings is 1. The van der Waals surface area contributed by atoms with E-state index in [1.165, 1.54) is 30.3 Å². The maximum Gasteiger partial charge on any atom is 0.200 e. The van der Waals surface area contributed by atoms with Crippen LogP contribution in [0.3, 0.4) is 0 Å². The number of nitrogens with zero attached hydrogens (tertiary/aromatic N) is 5. The first-order valence-electron chi connectivity index (χ1n) is 6.45. The molecule has 2 N–H and O–H groups in total. The smallest absolute Gasteiger partial charge is 0.200 e. The van der Waals surface area contributed by atoms with Crippen molar-refractivity contribution in [1.82, 2.24) is 30.6 Å². The molecule has 0 aliphatic carbocycles. The highest BCUT2D eigenvalue weighted by atomic mass is 15.6. The van der Waals surface area contributed by atoms with E-state index in [-0.39, 0.29) is 0 Å². The van der Waals surface area contributed by atoms with E-state index in [1.54, 1.807) is 0 Å². The second kappa shape index (κ2) is 3.88. The van der Waals surface area contributed by atoms with Gasteiger partial charge in [0.05, 0.1) is 0 Å². The third-order valence-corrected chi connectivity index (χ3v) is 3.89. The normalized spacial score (nSPS) is 30.8. The van der Waals surface area contributed by atoms with Gasteiger partial charge in [0.15, 0.2) is 5.65 Å². The van der Waals surface area contributed by atoms with Crippen LogP contribution in [-0.4, -0.2) is 43.4 Å². The summed E-state index contributed by atoms with van der Waals surface area (Å²) in [4.78, 5) is 0. The second-order valence-corrected chi connectivity index (χ2v) is 5.20. The summed E-state index contributed by atoms with van der Waals surface area (Å²) in [5, 5.41) is 22.7. The van der Waals surface area contributed by atoms with Gasteiger partial charge in [-0.05, 0) is 48.2 Å². The van der Waals surface area contributed by atoms with Crippen molar-refractivity contribution in [2.24, 2.45) is 0 Å². The number of hydrogen-bond donors (Lipinski definition) is 2. The Morgan fingerprint density at radius 2 is 2.06 bits per heavy atom. The summed E-state index contributed by atoms with van der Waals surface area (Å²) in [7, 11) is 0. The van der Waals surface area contributed by atoms with E-state index >= 15 is 0 Å². The van der Waals surface area contributed by atoms with Gasteiger partial charge in [-0.2, -0.15) is 0 Å². The lowest BCUT2D eigenvalue weighted by atomic mass is 10.00. The molecule has 2 aliphatic heterocycles. The van der Waals surface area contributed by atoms with E-state index in [1.807, 2.05) is 12.1 Å². The van der Waals surface area contributed by atoms with Gasteiger partial charge >= 0.3 is 0 Å². The van der Waals surface area contributed by atoms with Crippen molar-refractivity contribution >= 4 is 11.5 Å². The van der Waals surface area contributed by atoms with Gasteiger partial charge in [0.25, 0.3) is 0 Å². The first kappa shape index (κ1) is 10.2. The lowest BCUT2D eigenvalue weighted by Gasteiger charge is -2.29. The zero-order valence-corrected chi connectivity index (χ0v) is 9.95. The van der Waals surface area contributed by atoms with Gasteiger partial charge < -0.3 is 10.6 Å². The zero-order valence-electron chi connectivity index (χ0n) is 9.95. The molecule has 4 heterocycles. The van der Waals surface area contributed by atoms with Crippen LogP contribution in [0.2, 0.25) is 0 Å². The summed E-state index contributed by atoms with van der Waals surface area (Å²) >= 11 is 0. The van der Waals surface area contributed by atoms with E-state index in [2.05, 4.69) is 31.3 Å². The summed E-state index contributed by atoms with van der Waals surface area (Å²) in [6, 6.07) is 5.68. The highest BCUT2D eigenvalue weighted by Crippen LogP contribution is 2.28. The minimum absolute atomic E-state index is 0.505. The van der Waals surface area contributed by atoms with Crippen molar-refractivity contribution in [2.75, 3.05) is 5.32 Å². The molecule has 18 heavy (non-hydrogen) atoms. The van der Waals surface area contributed by atoms with Crippen LogP contribution in [0.4, 0.5) is 5.82 Å². The summed E-state index contributed by atoms with van der Waals surface area (Å²) in [6.45, 7) is 0. The molecule has 0 saturated carbocycles. The third kappa shape index (κ3) is 1.71. The van der Waals surface area contributed by atoms with Gasteiger partial charge in [0, 0.05) is 18.1 Å². The minimum atomic E-state index is 0.505. The predicted octanol–water partition coefficient (Wildman–Crippen LogP) is 0.214. The van der Waals surface area contributed by atoms with E-state index in [4.69, 9.17) is 0 Å². The van der Waals surface area contributed by atoms with Crippen LogP contribution in [0.25, 0.3) is 5.65 Å². The van der Waals surface area contributed by atoms with E-state index < -0.39 is 0 Å². The Morgan fingerprint density at radius 1 is 1.22 bits per heavy atom. The molecule has 4 rings (SSSR count). The zero-order chi connectivity index (χ0) is 11.9. The van der Waals surface area contributed by atoms with Gasteiger partial charge in [0.1, 0.15) is 5.82 Å². The highest BCUT2D eigenvalue weighted by Gasteiger charge is 2.33. The van der Waals surface area contributed by atoms with Crippen LogP contribution < -0.4 is 10.6 Å². The summed E-state index contributed by atoms with van der Waals surface area (Å²) in [5.74, 6) is 0.848. The molecule has 2 unspecified atom stereocenters. The summed E-state index contributed by atoms with van der Waals surface area (Å²) in [5.41, 5.74) is 0.672. The molecule has 0 amide bonds. The first-order chi connectivity index (χ1) is 8.87. The Hall–Kier alpha value is -1.76. The number of aromatic nitrogens is 5. The van der Waals surface area contributed by atoms with E-state index in [0.717, 1.165) is 5.82 Å². The van der Waals surface area contributed by atoms with Gasteiger partial charge in [-0.25, -0.2) is 0 Å². The molecule has 2 aromatic rings. The Morgan fingerprint density at radius 3 is 2.89 bits per heavy atom. The number of anilines is 1. The van der Waals surface area contributed by atoms with Gasteiger partial charge in [-0.3, -0.25) is 0 Å². The van der Waals surface area contributed by atoms with Crippen LogP contribution in [0.1, 0.15) is 25.7 Å². The van der Waals surface area contributed by atoms with E-state index in [9.17, 15) is 0 Å². The molecule has 7 heteroatoms. The number of piperidine rings is 1. The van der Waals surface area contributed by atoms with Crippen molar-refractivity contribution in [3.63, 3.8) is 0 Å². The van der Waals surface area contributed by atoms with Crippen LogP contribution in [0.15, 0.2) is 12.1 Å².